The Morgan fingerprint density at radius 1 is 1.05 bits per heavy atom. The Bertz CT molecular complexity index is 1060. The van der Waals surface area contributed by atoms with E-state index in [1.165, 1.54) is 0 Å². The molecule has 37 heavy (non-hydrogen) atoms. The molecular formula is C28H36N2O7. The minimum atomic E-state index is -1.02. The Labute approximate surface area is 217 Å². The van der Waals surface area contributed by atoms with Crippen LogP contribution in [-0.4, -0.2) is 63.9 Å². The summed E-state index contributed by atoms with van der Waals surface area (Å²) in [5.41, 5.74) is 3.09. The second-order valence-electron chi connectivity index (χ2n) is 9.86. The van der Waals surface area contributed by atoms with Gasteiger partial charge in [0.1, 0.15) is 0 Å². The number of anilines is 1. The normalized spacial score (nSPS) is 26.2. The Hall–Kier alpha value is -2.82. The minimum absolute atomic E-state index is 0.0232. The van der Waals surface area contributed by atoms with Crippen LogP contribution in [0.25, 0.3) is 0 Å². The quantitative estimate of drug-likeness (QED) is 0.382. The number of hydrogen-bond acceptors (Lipinski definition) is 7. The van der Waals surface area contributed by atoms with Gasteiger partial charge in [-0.3, -0.25) is 14.5 Å². The van der Waals surface area contributed by atoms with Crippen molar-refractivity contribution in [1.82, 2.24) is 4.90 Å². The largest absolute Gasteiger partial charge is 0.481 e. The van der Waals surface area contributed by atoms with Gasteiger partial charge in [-0.25, -0.2) is 0 Å². The van der Waals surface area contributed by atoms with Crippen LogP contribution in [0.3, 0.4) is 0 Å². The summed E-state index contributed by atoms with van der Waals surface area (Å²) in [7, 11) is 0. The van der Waals surface area contributed by atoms with Crippen molar-refractivity contribution in [3.05, 3.63) is 65.2 Å². The molecule has 9 nitrogen and oxygen atoms in total. The van der Waals surface area contributed by atoms with Crippen LogP contribution in [0.5, 0.6) is 0 Å². The zero-order valence-electron chi connectivity index (χ0n) is 21.1. The topological polar surface area (TPSA) is 129 Å². The highest BCUT2D eigenvalue weighted by molar-refractivity contribution is 5.92. The number of likely N-dealkylation sites (tertiary alicyclic amines) is 1. The fraction of sp³-hybridized carbons (Fsp3) is 0.500. The van der Waals surface area contributed by atoms with Crippen LogP contribution >= 0.6 is 0 Å². The van der Waals surface area contributed by atoms with Crippen LogP contribution in [0, 0.1) is 5.92 Å². The lowest BCUT2D eigenvalue weighted by Crippen LogP contribution is -2.46. The molecule has 2 saturated heterocycles. The zero-order chi connectivity index (χ0) is 26.4. The maximum absolute atomic E-state index is 12.2. The molecule has 1 amide bonds. The van der Waals surface area contributed by atoms with Crippen molar-refractivity contribution in [3.63, 3.8) is 0 Å². The highest BCUT2D eigenvalue weighted by Gasteiger charge is 2.40. The second-order valence-corrected chi connectivity index (χ2v) is 9.86. The van der Waals surface area contributed by atoms with Crippen LogP contribution in [0.2, 0.25) is 0 Å². The molecule has 0 saturated carbocycles. The third-order valence-electron chi connectivity index (χ3n) is 7.26. The number of benzene rings is 2. The summed E-state index contributed by atoms with van der Waals surface area (Å²) in [6.07, 6.45) is 0.554. The summed E-state index contributed by atoms with van der Waals surface area (Å²) in [5, 5.41) is 30.8. The van der Waals surface area contributed by atoms with Gasteiger partial charge in [-0.05, 0) is 42.6 Å². The van der Waals surface area contributed by atoms with Gasteiger partial charge in [-0.2, -0.15) is 0 Å². The average Bonchev–Trinajstić information content (AvgIpc) is 3.36. The molecule has 2 aromatic carbocycles. The van der Waals surface area contributed by atoms with Crippen LogP contribution < -0.4 is 5.32 Å². The third-order valence-corrected chi connectivity index (χ3v) is 7.26. The number of carbonyl (C=O) groups excluding carboxylic acids is 1. The van der Waals surface area contributed by atoms with Gasteiger partial charge in [0.25, 0.3) is 0 Å². The molecule has 0 radical (unpaired) electrons. The molecular weight excluding hydrogens is 476 g/mol. The minimum Gasteiger partial charge on any atom is -0.481 e. The molecule has 0 aliphatic carbocycles. The number of hydrogen-bond donors (Lipinski definition) is 4. The number of aliphatic hydroxyl groups excluding tert-OH is 2. The first kappa shape index (κ1) is 27.2. The fourth-order valence-corrected chi connectivity index (χ4v) is 5.11. The van der Waals surface area contributed by atoms with Gasteiger partial charge in [-0.15, -0.1) is 0 Å². The lowest BCUT2D eigenvalue weighted by molar-refractivity contribution is -0.276. The molecule has 2 aromatic rings. The highest BCUT2D eigenvalue weighted by Crippen LogP contribution is 2.42. The van der Waals surface area contributed by atoms with Gasteiger partial charge < -0.3 is 30.1 Å². The van der Waals surface area contributed by atoms with Crippen molar-refractivity contribution in [1.29, 1.82) is 0 Å². The smallest absolute Gasteiger partial charge is 0.303 e. The van der Waals surface area contributed by atoms with Crippen molar-refractivity contribution < 1.29 is 34.4 Å². The van der Waals surface area contributed by atoms with Gasteiger partial charge in [0, 0.05) is 36.2 Å². The predicted octanol–water partition coefficient (Wildman–Crippen LogP) is 3.23. The number of carboxylic acid groups (broad SMARTS) is 1. The number of aliphatic hydroxyl groups is 2. The third kappa shape index (κ3) is 6.94. The molecule has 4 rings (SSSR count). The summed E-state index contributed by atoms with van der Waals surface area (Å²) in [6.45, 7) is 3.78. The second kappa shape index (κ2) is 12.6. The van der Waals surface area contributed by atoms with Crippen molar-refractivity contribution >= 4 is 17.6 Å². The summed E-state index contributed by atoms with van der Waals surface area (Å²) in [5.74, 6) is -1.37. The monoisotopic (exact) mass is 512 g/mol. The summed E-state index contributed by atoms with van der Waals surface area (Å²) >= 11 is 0. The van der Waals surface area contributed by atoms with E-state index >= 15 is 0 Å². The fourth-order valence-electron chi connectivity index (χ4n) is 5.11. The molecule has 9 heteroatoms. The van der Waals surface area contributed by atoms with E-state index in [9.17, 15) is 19.8 Å². The van der Waals surface area contributed by atoms with Gasteiger partial charge in [0.2, 0.25) is 5.91 Å². The van der Waals surface area contributed by atoms with Crippen molar-refractivity contribution in [3.8, 4) is 0 Å². The maximum Gasteiger partial charge on any atom is 0.303 e. The Balaban J connectivity index is 1.56. The SMILES string of the molecule is CC1C(CN2CCCC2CO)OC(c2cccc(NC(=O)CCC(=O)O)c2)OC1c1ccc(CO)cc1. The number of ether oxygens (including phenoxy) is 2. The summed E-state index contributed by atoms with van der Waals surface area (Å²) in [6, 6.07) is 15.1. The van der Waals surface area contributed by atoms with Crippen molar-refractivity contribution in [2.24, 2.45) is 5.92 Å². The zero-order valence-corrected chi connectivity index (χ0v) is 21.1. The van der Waals surface area contributed by atoms with Crippen molar-refractivity contribution in [2.45, 2.75) is 63.8 Å². The standard InChI is InChI=1S/C28H36N2O7/c1-18-24(15-30-13-3-6-23(30)17-32)36-28(37-27(18)20-9-7-19(16-31)8-10-20)21-4-2-5-22(14-21)29-25(33)11-12-26(34)35/h2,4-5,7-10,14,18,23-24,27-28,31-32H,3,6,11-13,15-17H2,1H3,(H,29,33)(H,34,35). The molecule has 2 aliphatic heterocycles. The number of nitrogens with zero attached hydrogens (tertiary/aromatic N) is 1. The van der Waals surface area contributed by atoms with E-state index in [1.807, 2.05) is 30.3 Å². The average molecular weight is 513 g/mol. The van der Waals surface area contributed by atoms with E-state index in [0.717, 1.165) is 36.1 Å². The maximum atomic E-state index is 12.2. The molecule has 0 spiro atoms. The molecule has 2 fully saturated rings. The molecule has 2 aliphatic rings. The van der Waals surface area contributed by atoms with Gasteiger partial charge >= 0.3 is 5.97 Å². The van der Waals surface area contributed by atoms with Gasteiger partial charge in [-0.1, -0.05) is 43.3 Å². The summed E-state index contributed by atoms with van der Waals surface area (Å²) < 4.78 is 13.0. The van der Waals surface area contributed by atoms with E-state index < -0.39 is 12.3 Å². The van der Waals surface area contributed by atoms with Gasteiger partial charge in [0.15, 0.2) is 6.29 Å². The van der Waals surface area contributed by atoms with E-state index in [2.05, 4.69) is 17.1 Å². The molecule has 2 heterocycles. The molecule has 0 aromatic heterocycles. The Morgan fingerprint density at radius 2 is 1.84 bits per heavy atom. The first-order valence-corrected chi connectivity index (χ1v) is 12.8. The van der Waals surface area contributed by atoms with Crippen LogP contribution in [0.15, 0.2) is 48.5 Å². The first-order chi connectivity index (χ1) is 17.9. The molecule has 5 unspecified atom stereocenters. The van der Waals surface area contributed by atoms with E-state index in [-0.39, 0.29) is 56.1 Å². The lowest BCUT2D eigenvalue weighted by atomic mass is 9.90. The number of carbonyl (C=O) groups is 2. The van der Waals surface area contributed by atoms with Crippen molar-refractivity contribution in [2.75, 3.05) is 25.0 Å². The van der Waals surface area contributed by atoms with E-state index in [0.29, 0.717) is 12.2 Å². The lowest BCUT2D eigenvalue weighted by Gasteiger charge is -2.43. The molecule has 5 atom stereocenters. The number of nitrogens with one attached hydrogen (secondary N) is 1. The number of rotatable bonds is 10. The first-order valence-electron chi connectivity index (χ1n) is 12.8. The van der Waals surface area contributed by atoms with E-state index in [4.69, 9.17) is 14.6 Å². The molecule has 200 valence electrons. The van der Waals surface area contributed by atoms with Gasteiger partial charge in [0.05, 0.1) is 31.8 Å². The predicted molar refractivity (Wildman–Crippen MR) is 137 cm³/mol. The van der Waals surface area contributed by atoms with Crippen LogP contribution in [0.4, 0.5) is 5.69 Å². The highest BCUT2D eigenvalue weighted by atomic mass is 16.7. The number of aliphatic carboxylic acids is 1. The molecule has 4 N–H and O–H groups in total. The Morgan fingerprint density at radius 3 is 2.54 bits per heavy atom. The number of carboxylic acids is 1. The van der Waals surface area contributed by atoms with Crippen LogP contribution in [0.1, 0.15) is 61.7 Å². The Kier molecular flexibility index (Phi) is 9.28. The van der Waals surface area contributed by atoms with Crippen LogP contribution in [-0.2, 0) is 25.7 Å². The van der Waals surface area contributed by atoms with E-state index in [1.54, 1.807) is 18.2 Å². The number of amides is 1. The molecule has 0 bridgehead atoms. The summed E-state index contributed by atoms with van der Waals surface area (Å²) in [4.78, 5) is 25.2.